The lowest BCUT2D eigenvalue weighted by Gasteiger charge is -2.07. The highest BCUT2D eigenvalue weighted by atomic mass is 32.2. The Labute approximate surface area is 179 Å². The minimum atomic E-state index is -0.494. The molecule has 3 heterocycles. The Balaban J connectivity index is 1.60. The van der Waals surface area contributed by atoms with Gasteiger partial charge in [0.2, 0.25) is 0 Å². The molecule has 0 atom stereocenters. The number of thiazole rings is 1. The third-order valence-corrected chi connectivity index (χ3v) is 6.46. The predicted octanol–water partition coefficient (Wildman–Crippen LogP) is 4.35. The van der Waals surface area contributed by atoms with Gasteiger partial charge in [-0.25, -0.2) is 9.97 Å². The molecule has 4 aromatic rings. The summed E-state index contributed by atoms with van der Waals surface area (Å²) in [6.07, 6.45) is 1.53. The predicted molar refractivity (Wildman–Crippen MR) is 115 cm³/mol. The number of carbonyl (C=O) groups excluding carboxylic acids is 1. The van der Waals surface area contributed by atoms with Gasteiger partial charge in [0.15, 0.2) is 9.99 Å². The van der Waals surface area contributed by atoms with Gasteiger partial charge in [-0.05, 0) is 32.0 Å². The Morgan fingerprint density at radius 1 is 1.30 bits per heavy atom. The van der Waals surface area contributed by atoms with Gasteiger partial charge in [0.05, 0.1) is 27.4 Å². The van der Waals surface area contributed by atoms with Crippen LogP contribution in [0.5, 0.6) is 0 Å². The minimum absolute atomic E-state index is 0.141. The van der Waals surface area contributed by atoms with Crippen LogP contribution in [0.2, 0.25) is 0 Å². The van der Waals surface area contributed by atoms with Gasteiger partial charge >= 0.3 is 0 Å². The van der Waals surface area contributed by atoms with Gasteiger partial charge < -0.3 is 5.32 Å². The maximum absolute atomic E-state index is 12.7. The fraction of sp³-hybridized carbons (Fsp3) is 0.158. The van der Waals surface area contributed by atoms with Crippen LogP contribution in [0.3, 0.4) is 0 Å². The van der Waals surface area contributed by atoms with Gasteiger partial charge in [0, 0.05) is 35.1 Å². The number of pyridine rings is 1. The first-order chi connectivity index (χ1) is 14.3. The number of hydrogen-bond acceptors (Lipinski definition) is 8. The summed E-state index contributed by atoms with van der Waals surface area (Å²) in [5.41, 5.74) is 2.89. The van der Waals surface area contributed by atoms with Gasteiger partial charge in [-0.1, -0.05) is 11.8 Å². The standard InChI is InChI=1S/C19H16N6O3S2/c1-10-9-29-19(21-10)30-16-5-4-12(6-15(16)25(27)28)18(26)22-13-7-14-11(2)23-24(3)17(14)20-8-13/h4-9H,1-3H3,(H,22,26). The first-order valence-electron chi connectivity index (χ1n) is 8.81. The number of anilines is 1. The number of nitrogens with one attached hydrogen (secondary N) is 1. The van der Waals surface area contributed by atoms with Crippen LogP contribution in [-0.4, -0.2) is 30.6 Å². The number of fused-ring (bicyclic) bond motifs is 1. The fourth-order valence-electron chi connectivity index (χ4n) is 2.94. The molecule has 0 unspecified atom stereocenters. The van der Waals surface area contributed by atoms with Crippen molar-refractivity contribution in [2.24, 2.45) is 7.05 Å². The van der Waals surface area contributed by atoms with Crippen LogP contribution in [0.15, 0.2) is 45.1 Å². The molecule has 3 aromatic heterocycles. The third kappa shape index (κ3) is 3.89. The van der Waals surface area contributed by atoms with Crippen molar-refractivity contribution in [2.45, 2.75) is 23.1 Å². The van der Waals surface area contributed by atoms with Crippen LogP contribution in [0.25, 0.3) is 11.0 Å². The Morgan fingerprint density at radius 3 is 2.80 bits per heavy atom. The average molecular weight is 441 g/mol. The first-order valence-corrected chi connectivity index (χ1v) is 10.5. The van der Waals surface area contributed by atoms with Gasteiger partial charge in [-0.2, -0.15) is 5.10 Å². The van der Waals surface area contributed by atoms with Crippen LogP contribution in [0.4, 0.5) is 11.4 Å². The van der Waals surface area contributed by atoms with Crippen LogP contribution >= 0.6 is 23.1 Å². The molecule has 4 rings (SSSR count). The van der Waals surface area contributed by atoms with E-state index < -0.39 is 10.8 Å². The Morgan fingerprint density at radius 2 is 2.10 bits per heavy atom. The quantitative estimate of drug-likeness (QED) is 0.362. The van der Waals surface area contributed by atoms with E-state index in [9.17, 15) is 14.9 Å². The van der Waals surface area contributed by atoms with Crippen LogP contribution in [0, 0.1) is 24.0 Å². The number of nitro groups is 1. The molecule has 0 aliphatic carbocycles. The van der Waals surface area contributed by atoms with Crippen LogP contribution in [0.1, 0.15) is 21.7 Å². The monoisotopic (exact) mass is 440 g/mol. The first kappa shape index (κ1) is 20.0. The molecule has 0 saturated carbocycles. The van der Waals surface area contributed by atoms with Gasteiger partial charge in [-0.3, -0.25) is 19.6 Å². The molecule has 9 nitrogen and oxygen atoms in total. The van der Waals surface area contributed by atoms with Crippen molar-refractivity contribution >= 4 is 51.4 Å². The van der Waals surface area contributed by atoms with Crippen LogP contribution < -0.4 is 5.32 Å². The molecule has 0 spiro atoms. The highest BCUT2D eigenvalue weighted by molar-refractivity contribution is 8.01. The highest BCUT2D eigenvalue weighted by Gasteiger charge is 2.20. The van der Waals surface area contributed by atoms with Crippen molar-refractivity contribution in [1.82, 2.24) is 19.7 Å². The van der Waals surface area contributed by atoms with Crippen molar-refractivity contribution in [2.75, 3.05) is 5.32 Å². The zero-order chi connectivity index (χ0) is 21.4. The summed E-state index contributed by atoms with van der Waals surface area (Å²) >= 11 is 2.62. The van der Waals surface area contributed by atoms with E-state index in [-0.39, 0.29) is 11.3 Å². The molecule has 30 heavy (non-hydrogen) atoms. The van der Waals surface area contributed by atoms with E-state index in [4.69, 9.17) is 0 Å². The number of nitro benzene ring substituents is 1. The molecule has 11 heteroatoms. The molecule has 0 aliphatic heterocycles. The molecule has 0 fully saturated rings. The van der Waals surface area contributed by atoms with Crippen molar-refractivity contribution in [3.05, 3.63) is 62.9 Å². The van der Waals surface area contributed by atoms with Crippen molar-refractivity contribution in [1.29, 1.82) is 0 Å². The maximum Gasteiger partial charge on any atom is 0.284 e. The molecule has 1 aromatic carbocycles. The van der Waals surface area contributed by atoms with Gasteiger partial charge in [-0.15, -0.1) is 11.3 Å². The number of amides is 1. The summed E-state index contributed by atoms with van der Waals surface area (Å²) in [4.78, 5) is 32.8. The van der Waals surface area contributed by atoms with E-state index in [1.807, 2.05) is 19.2 Å². The van der Waals surface area contributed by atoms with E-state index in [1.165, 1.54) is 35.4 Å². The Bertz CT molecular complexity index is 1300. The van der Waals surface area contributed by atoms with E-state index in [0.29, 0.717) is 20.6 Å². The number of aromatic nitrogens is 4. The van der Waals surface area contributed by atoms with Crippen molar-refractivity contribution < 1.29 is 9.72 Å². The van der Waals surface area contributed by atoms with E-state index in [2.05, 4.69) is 20.4 Å². The number of aryl methyl sites for hydroxylation is 3. The summed E-state index contributed by atoms with van der Waals surface area (Å²) in [5, 5.41) is 21.3. The molecule has 1 N–H and O–H groups in total. The number of hydrogen-bond donors (Lipinski definition) is 1. The molecule has 0 aliphatic rings. The largest absolute Gasteiger partial charge is 0.321 e. The lowest BCUT2D eigenvalue weighted by atomic mass is 10.2. The average Bonchev–Trinajstić information content (AvgIpc) is 3.24. The van der Waals surface area contributed by atoms with E-state index in [1.54, 1.807) is 29.9 Å². The zero-order valence-corrected chi connectivity index (χ0v) is 17.9. The van der Waals surface area contributed by atoms with E-state index >= 15 is 0 Å². The molecule has 152 valence electrons. The molecule has 0 radical (unpaired) electrons. The highest BCUT2D eigenvalue weighted by Crippen LogP contribution is 2.37. The number of carbonyl (C=O) groups is 1. The van der Waals surface area contributed by atoms with E-state index in [0.717, 1.165) is 16.8 Å². The summed E-state index contributed by atoms with van der Waals surface area (Å²) in [7, 11) is 1.80. The minimum Gasteiger partial charge on any atom is -0.321 e. The second-order valence-electron chi connectivity index (χ2n) is 6.55. The van der Waals surface area contributed by atoms with Crippen molar-refractivity contribution in [3.8, 4) is 0 Å². The zero-order valence-electron chi connectivity index (χ0n) is 16.2. The van der Waals surface area contributed by atoms with Gasteiger partial charge in [0.25, 0.3) is 11.6 Å². The summed E-state index contributed by atoms with van der Waals surface area (Å²) in [6.45, 7) is 3.72. The second kappa shape index (κ2) is 7.84. The van der Waals surface area contributed by atoms with Crippen molar-refractivity contribution in [3.63, 3.8) is 0 Å². The molecule has 1 amide bonds. The fourth-order valence-corrected chi connectivity index (χ4v) is 4.82. The Kier molecular flexibility index (Phi) is 5.22. The third-order valence-electron chi connectivity index (χ3n) is 4.33. The number of nitrogens with zero attached hydrogens (tertiary/aromatic N) is 5. The molecular weight excluding hydrogens is 424 g/mol. The maximum atomic E-state index is 12.7. The van der Waals surface area contributed by atoms with Gasteiger partial charge in [0.1, 0.15) is 0 Å². The smallest absolute Gasteiger partial charge is 0.284 e. The number of rotatable bonds is 5. The number of benzene rings is 1. The van der Waals surface area contributed by atoms with Crippen LogP contribution in [-0.2, 0) is 7.05 Å². The molecule has 0 bridgehead atoms. The summed E-state index contributed by atoms with van der Waals surface area (Å²) < 4.78 is 2.37. The Hall–Kier alpha value is -3.31. The second-order valence-corrected chi connectivity index (χ2v) is 8.70. The molecule has 0 saturated heterocycles. The lowest BCUT2D eigenvalue weighted by Crippen LogP contribution is -2.12. The SMILES string of the molecule is Cc1csc(Sc2ccc(C(=O)Nc3cnc4c(c3)c(C)nn4C)cc2[N+](=O)[O-])n1. The normalized spacial score (nSPS) is 11.0. The summed E-state index contributed by atoms with van der Waals surface area (Å²) in [6, 6.07) is 6.19. The topological polar surface area (TPSA) is 116 Å². The molecular formula is C19H16N6O3S2. The summed E-state index contributed by atoms with van der Waals surface area (Å²) in [5.74, 6) is -0.456. The lowest BCUT2D eigenvalue weighted by molar-refractivity contribution is -0.387.